The summed E-state index contributed by atoms with van der Waals surface area (Å²) in [6, 6.07) is 16.6. The van der Waals surface area contributed by atoms with E-state index < -0.39 is 0 Å². The molecule has 94 valence electrons. The van der Waals surface area contributed by atoms with Crippen LogP contribution in [0.25, 0.3) is 11.1 Å². The number of hydrogen-bond donors (Lipinski definition) is 0. The summed E-state index contributed by atoms with van der Waals surface area (Å²) in [4.78, 5) is 0. The van der Waals surface area contributed by atoms with Crippen molar-refractivity contribution in [2.45, 2.75) is 13.8 Å². The second kappa shape index (κ2) is 7.33. The topological polar surface area (TPSA) is 9.23 Å². The predicted octanol–water partition coefficient (Wildman–Crippen LogP) is 4.86. The minimum atomic E-state index is 0.894. The SMILES string of the molecule is C=CC.COc1ccc(-c2ccc(C)cc2)cc1. The molecule has 0 amide bonds. The first-order chi connectivity index (χ1) is 8.71. The van der Waals surface area contributed by atoms with Crippen LogP contribution in [0.2, 0.25) is 0 Å². The van der Waals surface area contributed by atoms with Crippen molar-refractivity contribution >= 4 is 0 Å². The van der Waals surface area contributed by atoms with Gasteiger partial charge in [0.05, 0.1) is 7.11 Å². The summed E-state index contributed by atoms with van der Waals surface area (Å²) in [5, 5.41) is 0. The zero-order valence-corrected chi connectivity index (χ0v) is 11.3. The monoisotopic (exact) mass is 240 g/mol. The van der Waals surface area contributed by atoms with Gasteiger partial charge in [0.15, 0.2) is 0 Å². The van der Waals surface area contributed by atoms with E-state index in [0.29, 0.717) is 0 Å². The van der Waals surface area contributed by atoms with Crippen molar-refractivity contribution in [2.24, 2.45) is 0 Å². The Morgan fingerprint density at radius 3 is 1.67 bits per heavy atom. The summed E-state index contributed by atoms with van der Waals surface area (Å²) < 4.78 is 5.12. The third-order valence-electron chi connectivity index (χ3n) is 2.47. The summed E-state index contributed by atoms with van der Waals surface area (Å²) in [5.74, 6) is 0.894. The summed E-state index contributed by atoms with van der Waals surface area (Å²) in [7, 11) is 1.68. The van der Waals surface area contributed by atoms with E-state index >= 15 is 0 Å². The normalized spacial score (nSPS) is 9.06. The van der Waals surface area contributed by atoms with Gasteiger partial charge in [-0.3, -0.25) is 0 Å². The lowest BCUT2D eigenvalue weighted by Crippen LogP contribution is -1.82. The van der Waals surface area contributed by atoms with Crippen LogP contribution in [0.4, 0.5) is 0 Å². The third kappa shape index (κ3) is 4.10. The Hall–Kier alpha value is -2.02. The van der Waals surface area contributed by atoms with Crippen LogP contribution >= 0.6 is 0 Å². The maximum atomic E-state index is 5.12. The van der Waals surface area contributed by atoms with Crippen molar-refractivity contribution in [2.75, 3.05) is 7.11 Å². The minimum absolute atomic E-state index is 0.894. The Balaban J connectivity index is 0.000000492. The number of hydrogen-bond acceptors (Lipinski definition) is 1. The Morgan fingerprint density at radius 1 is 0.889 bits per heavy atom. The van der Waals surface area contributed by atoms with Gasteiger partial charge in [-0.2, -0.15) is 0 Å². The van der Waals surface area contributed by atoms with Gasteiger partial charge in [-0.25, -0.2) is 0 Å². The lowest BCUT2D eigenvalue weighted by Gasteiger charge is -2.03. The van der Waals surface area contributed by atoms with E-state index in [2.05, 4.69) is 49.9 Å². The van der Waals surface area contributed by atoms with Crippen molar-refractivity contribution in [1.29, 1.82) is 0 Å². The number of benzene rings is 2. The highest BCUT2D eigenvalue weighted by Crippen LogP contribution is 2.22. The van der Waals surface area contributed by atoms with Crippen molar-refractivity contribution < 1.29 is 4.74 Å². The molecule has 2 aromatic rings. The molecule has 0 radical (unpaired) electrons. The van der Waals surface area contributed by atoms with E-state index in [-0.39, 0.29) is 0 Å². The van der Waals surface area contributed by atoms with Gasteiger partial charge in [0.25, 0.3) is 0 Å². The van der Waals surface area contributed by atoms with Crippen LogP contribution in [0.5, 0.6) is 5.75 Å². The summed E-state index contributed by atoms with van der Waals surface area (Å²) >= 11 is 0. The largest absolute Gasteiger partial charge is 0.497 e. The van der Waals surface area contributed by atoms with Gasteiger partial charge in [-0.15, -0.1) is 6.58 Å². The predicted molar refractivity (Wildman–Crippen MR) is 79.0 cm³/mol. The first kappa shape index (κ1) is 14.0. The second-order valence-corrected chi connectivity index (χ2v) is 4.00. The van der Waals surface area contributed by atoms with Crippen molar-refractivity contribution in [1.82, 2.24) is 0 Å². The lowest BCUT2D eigenvalue weighted by molar-refractivity contribution is 0.415. The molecular formula is C17H20O. The molecule has 2 rings (SSSR count). The first-order valence-electron chi connectivity index (χ1n) is 5.99. The molecule has 0 unspecified atom stereocenters. The number of rotatable bonds is 2. The average molecular weight is 240 g/mol. The third-order valence-corrected chi connectivity index (χ3v) is 2.47. The molecule has 0 aliphatic carbocycles. The standard InChI is InChI=1S/C14H14O.C3H6/c1-11-3-5-12(6-4-11)13-7-9-14(15-2)10-8-13;1-3-2/h3-10H,1-2H3;3H,1H2,2H3. The second-order valence-electron chi connectivity index (χ2n) is 4.00. The fourth-order valence-electron chi connectivity index (χ4n) is 1.53. The van der Waals surface area contributed by atoms with Gasteiger partial charge >= 0.3 is 0 Å². The van der Waals surface area contributed by atoms with Crippen LogP contribution in [0.3, 0.4) is 0 Å². The van der Waals surface area contributed by atoms with E-state index in [9.17, 15) is 0 Å². The molecule has 0 aliphatic heterocycles. The number of methoxy groups -OCH3 is 1. The Bertz CT molecular complexity index is 466. The zero-order valence-electron chi connectivity index (χ0n) is 11.3. The number of ether oxygens (including phenoxy) is 1. The number of aryl methyl sites for hydroxylation is 1. The lowest BCUT2D eigenvalue weighted by atomic mass is 10.0. The zero-order chi connectivity index (χ0) is 13.4. The van der Waals surface area contributed by atoms with Crippen LogP contribution in [0.15, 0.2) is 61.2 Å². The summed E-state index contributed by atoms with van der Waals surface area (Å²) in [6.07, 6.45) is 1.75. The smallest absolute Gasteiger partial charge is 0.118 e. The number of allylic oxidation sites excluding steroid dienone is 1. The molecule has 0 aliphatic rings. The molecule has 0 saturated heterocycles. The molecule has 0 saturated carbocycles. The van der Waals surface area contributed by atoms with Gasteiger partial charge in [-0.1, -0.05) is 48.0 Å². The fraction of sp³-hybridized carbons (Fsp3) is 0.176. The molecule has 1 nitrogen and oxygen atoms in total. The van der Waals surface area contributed by atoms with Crippen LogP contribution in [-0.2, 0) is 0 Å². The Labute approximate surface area is 110 Å². The minimum Gasteiger partial charge on any atom is -0.497 e. The van der Waals surface area contributed by atoms with Gasteiger partial charge in [0, 0.05) is 0 Å². The van der Waals surface area contributed by atoms with Crippen LogP contribution in [0, 0.1) is 6.92 Å². The van der Waals surface area contributed by atoms with Gasteiger partial charge < -0.3 is 4.74 Å². The molecule has 0 bridgehead atoms. The van der Waals surface area contributed by atoms with Crippen molar-refractivity contribution in [3.05, 3.63) is 66.7 Å². The molecule has 2 aromatic carbocycles. The van der Waals surface area contributed by atoms with E-state index in [1.165, 1.54) is 16.7 Å². The average Bonchev–Trinajstić information content (AvgIpc) is 2.41. The van der Waals surface area contributed by atoms with E-state index in [1.54, 1.807) is 13.2 Å². The fourth-order valence-corrected chi connectivity index (χ4v) is 1.53. The molecule has 18 heavy (non-hydrogen) atoms. The Kier molecular flexibility index (Phi) is 5.72. The van der Waals surface area contributed by atoms with Gasteiger partial charge in [0.1, 0.15) is 5.75 Å². The van der Waals surface area contributed by atoms with Crippen molar-refractivity contribution in [3.8, 4) is 16.9 Å². The Morgan fingerprint density at radius 2 is 1.28 bits per heavy atom. The molecule has 0 heterocycles. The van der Waals surface area contributed by atoms with Crippen LogP contribution in [-0.4, -0.2) is 7.11 Å². The summed E-state index contributed by atoms with van der Waals surface area (Å²) in [6.45, 7) is 7.35. The van der Waals surface area contributed by atoms with Crippen LogP contribution in [0.1, 0.15) is 12.5 Å². The maximum Gasteiger partial charge on any atom is 0.118 e. The highest BCUT2D eigenvalue weighted by Gasteiger charge is 1.97. The molecule has 1 heteroatoms. The molecule has 0 atom stereocenters. The molecule has 0 spiro atoms. The maximum absolute atomic E-state index is 5.12. The van der Waals surface area contributed by atoms with Gasteiger partial charge in [-0.05, 0) is 37.1 Å². The van der Waals surface area contributed by atoms with E-state index in [4.69, 9.17) is 4.74 Å². The molecule has 0 fully saturated rings. The highest BCUT2D eigenvalue weighted by molar-refractivity contribution is 5.64. The van der Waals surface area contributed by atoms with Gasteiger partial charge in [0.2, 0.25) is 0 Å². The molecule has 0 aromatic heterocycles. The first-order valence-corrected chi connectivity index (χ1v) is 5.99. The highest BCUT2D eigenvalue weighted by atomic mass is 16.5. The van der Waals surface area contributed by atoms with Crippen LogP contribution < -0.4 is 4.74 Å². The summed E-state index contributed by atoms with van der Waals surface area (Å²) in [5.41, 5.74) is 3.74. The molecular weight excluding hydrogens is 220 g/mol. The van der Waals surface area contributed by atoms with Crippen molar-refractivity contribution in [3.63, 3.8) is 0 Å². The van der Waals surface area contributed by atoms with E-state index in [0.717, 1.165) is 5.75 Å². The van der Waals surface area contributed by atoms with E-state index in [1.807, 2.05) is 19.1 Å². The molecule has 0 N–H and O–H groups in total. The quantitative estimate of drug-likeness (QED) is 0.681.